The monoisotopic (exact) mass is 247 g/mol. The SMILES string of the molecule is Cc1cccc(C2OCCCC2CNC(C)C)c1. The molecule has 1 aliphatic rings. The van der Waals surface area contributed by atoms with Crippen LogP contribution >= 0.6 is 0 Å². The van der Waals surface area contributed by atoms with Crippen molar-refractivity contribution in [3.05, 3.63) is 35.4 Å². The Bertz CT molecular complexity index is 375. The number of ether oxygens (including phenoxy) is 1. The molecule has 18 heavy (non-hydrogen) atoms. The molecule has 1 fully saturated rings. The summed E-state index contributed by atoms with van der Waals surface area (Å²) in [6, 6.07) is 9.29. The van der Waals surface area contributed by atoms with Crippen LogP contribution in [0.3, 0.4) is 0 Å². The summed E-state index contributed by atoms with van der Waals surface area (Å²) in [7, 11) is 0. The molecule has 2 heteroatoms. The Morgan fingerprint density at radius 1 is 1.39 bits per heavy atom. The van der Waals surface area contributed by atoms with Crippen LogP contribution in [0.5, 0.6) is 0 Å². The zero-order valence-electron chi connectivity index (χ0n) is 11.8. The van der Waals surface area contributed by atoms with Crippen molar-refractivity contribution in [2.75, 3.05) is 13.2 Å². The van der Waals surface area contributed by atoms with Gasteiger partial charge in [-0.3, -0.25) is 0 Å². The highest BCUT2D eigenvalue weighted by molar-refractivity contribution is 5.25. The van der Waals surface area contributed by atoms with Gasteiger partial charge < -0.3 is 10.1 Å². The van der Waals surface area contributed by atoms with Crippen molar-refractivity contribution in [2.24, 2.45) is 5.92 Å². The van der Waals surface area contributed by atoms with Crippen LogP contribution in [0.4, 0.5) is 0 Å². The van der Waals surface area contributed by atoms with Gasteiger partial charge in [-0.1, -0.05) is 43.7 Å². The summed E-state index contributed by atoms with van der Waals surface area (Å²) in [6.45, 7) is 8.50. The summed E-state index contributed by atoms with van der Waals surface area (Å²) in [5.41, 5.74) is 2.66. The van der Waals surface area contributed by atoms with Gasteiger partial charge >= 0.3 is 0 Å². The van der Waals surface area contributed by atoms with E-state index >= 15 is 0 Å². The maximum Gasteiger partial charge on any atom is 0.0865 e. The largest absolute Gasteiger partial charge is 0.373 e. The van der Waals surface area contributed by atoms with E-state index < -0.39 is 0 Å². The highest BCUT2D eigenvalue weighted by Gasteiger charge is 2.27. The fourth-order valence-electron chi connectivity index (χ4n) is 2.65. The zero-order valence-corrected chi connectivity index (χ0v) is 11.8. The van der Waals surface area contributed by atoms with Gasteiger partial charge in [-0.25, -0.2) is 0 Å². The molecule has 0 radical (unpaired) electrons. The minimum Gasteiger partial charge on any atom is -0.373 e. The molecule has 1 saturated heterocycles. The molecule has 2 atom stereocenters. The van der Waals surface area contributed by atoms with Crippen molar-refractivity contribution >= 4 is 0 Å². The standard InChI is InChI=1S/C16H25NO/c1-12(2)17-11-15-8-5-9-18-16(15)14-7-4-6-13(3)10-14/h4,6-7,10,12,15-17H,5,8-9,11H2,1-3H3. The fourth-order valence-corrected chi connectivity index (χ4v) is 2.65. The van der Waals surface area contributed by atoms with Crippen LogP contribution in [0.25, 0.3) is 0 Å². The number of benzene rings is 1. The van der Waals surface area contributed by atoms with E-state index in [1.165, 1.54) is 24.0 Å². The second kappa shape index (κ2) is 6.35. The van der Waals surface area contributed by atoms with E-state index in [-0.39, 0.29) is 6.10 Å². The molecule has 1 aromatic rings. The molecule has 1 heterocycles. The average molecular weight is 247 g/mol. The average Bonchev–Trinajstić information content (AvgIpc) is 2.36. The molecular formula is C16H25NO. The number of hydrogen-bond donors (Lipinski definition) is 1. The first-order valence-corrected chi connectivity index (χ1v) is 7.08. The van der Waals surface area contributed by atoms with E-state index in [1.807, 2.05) is 0 Å². The van der Waals surface area contributed by atoms with E-state index in [0.29, 0.717) is 12.0 Å². The zero-order chi connectivity index (χ0) is 13.0. The summed E-state index contributed by atoms with van der Waals surface area (Å²) >= 11 is 0. The highest BCUT2D eigenvalue weighted by atomic mass is 16.5. The van der Waals surface area contributed by atoms with Gasteiger partial charge in [-0.05, 0) is 25.3 Å². The second-order valence-corrected chi connectivity index (χ2v) is 5.67. The van der Waals surface area contributed by atoms with Crippen LogP contribution in [-0.2, 0) is 4.74 Å². The fraction of sp³-hybridized carbons (Fsp3) is 0.625. The quantitative estimate of drug-likeness (QED) is 0.879. The third kappa shape index (κ3) is 3.56. The number of hydrogen-bond acceptors (Lipinski definition) is 2. The molecule has 2 rings (SSSR count). The molecule has 0 saturated carbocycles. The minimum absolute atomic E-state index is 0.268. The summed E-state index contributed by atoms with van der Waals surface area (Å²) in [5.74, 6) is 0.600. The Hall–Kier alpha value is -0.860. The Labute approximate surface area is 111 Å². The lowest BCUT2D eigenvalue weighted by Gasteiger charge is -2.33. The molecule has 1 N–H and O–H groups in total. The molecule has 1 aliphatic heterocycles. The number of aryl methyl sites for hydroxylation is 1. The van der Waals surface area contributed by atoms with Gasteiger partial charge in [0.2, 0.25) is 0 Å². The van der Waals surface area contributed by atoms with Gasteiger partial charge in [0.25, 0.3) is 0 Å². The van der Waals surface area contributed by atoms with Gasteiger partial charge in [0, 0.05) is 25.1 Å². The first kappa shape index (κ1) is 13.6. The van der Waals surface area contributed by atoms with Crippen molar-refractivity contribution in [1.82, 2.24) is 5.32 Å². The van der Waals surface area contributed by atoms with Gasteiger partial charge in [0.05, 0.1) is 6.10 Å². The summed E-state index contributed by atoms with van der Waals surface area (Å²) in [4.78, 5) is 0. The third-order valence-electron chi connectivity index (χ3n) is 3.60. The highest BCUT2D eigenvalue weighted by Crippen LogP contribution is 2.33. The minimum atomic E-state index is 0.268. The first-order valence-electron chi connectivity index (χ1n) is 7.08. The maximum atomic E-state index is 6.02. The van der Waals surface area contributed by atoms with Crippen molar-refractivity contribution in [3.8, 4) is 0 Å². The van der Waals surface area contributed by atoms with E-state index in [0.717, 1.165) is 13.2 Å². The lowest BCUT2D eigenvalue weighted by atomic mass is 9.88. The molecule has 2 nitrogen and oxygen atoms in total. The Kier molecular flexibility index (Phi) is 4.79. The summed E-state index contributed by atoms with van der Waals surface area (Å²) in [6.07, 6.45) is 2.72. The molecule has 0 aromatic heterocycles. The van der Waals surface area contributed by atoms with E-state index in [1.54, 1.807) is 0 Å². The molecule has 1 aromatic carbocycles. The Morgan fingerprint density at radius 2 is 2.22 bits per heavy atom. The first-order chi connectivity index (χ1) is 8.66. The van der Waals surface area contributed by atoms with Gasteiger partial charge in [-0.15, -0.1) is 0 Å². The Morgan fingerprint density at radius 3 is 2.94 bits per heavy atom. The van der Waals surface area contributed by atoms with Crippen LogP contribution in [-0.4, -0.2) is 19.2 Å². The summed E-state index contributed by atoms with van der Waals surface area (Å²) in [5, 5.41) is 3.55. The Balaban J connectivity index is 2.07. The van der Waals surface area contributed by atoms with Gasteiger partial charge in [0.15, 0.2) is 0 Å². The van der Waals surface area contributed by atoms with Gasteiger partial charge in [0.1, 0.15) is 0 Å². The van der Waals surface area contributed by atoms with Gasteiger partial charge in [-0.2, -0.15) is 0 Å². The summed E-state index contributed by atoms with van der Waals surface area (Å²) < 4.78 is 6.02. The predicted molar refractivity (Wildman–Crippen MR) is 75.7 cm³/mol. The van der Waals surface area contributed by atoms with Crippen molar-refractivity contribution in [3.63, 3.8) is 0 Å². The van der Waals surface area contributed by atoms with Crippen LogP contribution in [0.15, 0.2) is 24.3 Å². The molecular weight excluding hydrogens is 222 g/mol. The van der Waals surface area contributed by atoms with E-state index in [9.17, 15) is 0 Å². The van der Waals surface area contributed by atoms with Crippen molar-refractivity contribution in [1.29, 1.82) is 0 Å². The predicted octanol–water partition coefficient (Wildman–Crippen LogP) is 3.46. The van der Waals surface area contributed by atoms with Crippen molar-refractivity contribution in [2.45, 2.75) is 45.8 Å². The van der Waals surface area contributed by atoms with Crippen molar-refractivity contribution < 1.29 is 4.74 Å². The topological polar surface area (TPSA) is 21.3 Å². The molecule has 0 bridgehead atoms. The van der Waals surface area contributed by atoms with Crippen LogP contribution in [0.1, 0.15) is 43.9 Å². The van der Waals surface area contributed by atoms with Crippen LogP contribution in [0, 0.1) is 12.8 Å². The lowest BCUT2D eigenvalue weighted by molar-refractivity contribution is -0.0282. The normalized spacial score (nSPS) is 24.4. The molecule has 0 amide bonds. The number of rotatable bonds is 4. The van der Waals surface area contributed by atoms with E-state index in [4.69, 9.17) is 4.74 Å². The molecule has 100 valence electrons. The number of nitrogens with one attached hydrogen (secondary N) is 1. The second-order valence-electron chi connectivity index (χ2n) is 5.67. The van der Waals surface area contributed by atoms with Crippen LogP contribution in [0.2, 0.25) is 0 Å². The third-order valence-corrected chi connectivity index (χ3v) is 3.60. The molecule has 0 aliphatic carbocycles. The molecule has 2 unspecified atom stereocenters. The smallest absolute Gasteiger partial charge is 0.0865 e. The van der Waals surface area contributed by atoms with E-state index in [2.05, 4.69) is 50.4 Å². The lowest BCUT2D eigenvalue weighted by Crippen LogP contribution is -2.35. The van der Waals surface area contributed by atoms with Crippen LogP contribution < -0.4 is 5.32 Å². The molecule has 0 spiro atoms. The maximum absolute atomic E-state index is 6.02.